The Morgan fingerprint density at radius 3 is 2.72 bits per heavy atom. The highest BCUT2D eigenvalue weighted by atomic mass is 79.9. The molecule has 4 heterocycles. The lowest BCUT2D eigenvalue weighted by atomic mass is 9.81. The summed E-state index contributed by atoms with van der Waals surface area (Å²) >= 11 is 3.58. The maximum Gasteiger partial charge on any atom is 0.328 e. The van der Waals surface area contributed by atoms with Gasteiger partial charge in [0.05, 0.1) is 13.2 Å². The van der Waals surface area contributed by atoms with Gasteiger partial charge in [0.2, 0.25) is 0 Å². The summed E-state index contributed by atoms with van der Waals surface area (Å²) in [6.45, 7) is 6.29. The number of halogens is 1. The molecule has 0 aliphatic carbocycles. The van der Waals surface area contributed by atoms with Crippen molar-refractivity contribution < 1.29 is 19.4 Å². The number of imide groups is 1. The number of hydrogen-bond donors (Lipinski definition) is 2. The van der Waals surface area contributed by atoms with Crippen LogP contribution in [0.3, 0.4) is 0 Å². The minimum atomic E-state index is -1.02. The van der Waals surface area contributed by atoms with Crippen LogP contribution in [0.25, 0.3) is 10.9 Å². The van der Waals surface area contributed by atoms with Gasteiger partial charge in [0.1, 0.15) is 17.3 Å². The Balaban J connectivity index is 1.39. The lowest BCUT2D eigenvalue weighted by Gasteiger charge is -2.42. The van der Waals surface area contributed by atoms with Crippen LogP contribution >= 0.6 is 15.9 Å². The van der Waals surface area contributed by atoms with Gasteiger partial charge in [-0.1, -0.05) is 28.1 Å². The van der Waals surface area contributed by atoms with Crippen LogP contribution in [0.2, 0.25) is 0 Å². The van der Waals surface area contributed by atoms with Gasteiger partial charge in [-0.05, 0) is 54.8 Å². The van der Waals surface area contributed by atoms with Crippen molar-refractivity contribution >= 4 is 38.8 Å². The van der Waals surface area contributed by atoms with E-state index in [0.29, 0.717) is 13.0 Å². The predicted octanol–water partition coefficient (Wildman–Crippen LogP) is 4.03. The van der Waals surface area contributed by atoms with E-state index in [1.54, 1.807) is 23.1 Å². The normalized spacial score (nSPS) is 24.4. The van der Waals surface area contributed by atoms with Crippen molar-refractivity contribution in [2.75, 3.05) is 39.4 Å². The van der Waals surface area contributed by atoms with Crippen molar-refractivity contribution in [3.63, 3.8) is 0 Å². The number of ether oxygens (including phenoxy) is 1. The number of hydrogen-bond acceptors (Lipinski definition) is 5. The molecule has 0 radical (unpaired) electrons. The van der Waals surface area contributed by atoms with Gasteiger partial charge >= 0.3 is 6.03 Å². The third kappa shape index (κ3) is 3.72. The van der Waals surface area contributed by atoms with Gasteiger partial charge in [-0.25, -0.2) is 4.79 Å². The molecule has 2 aromatic carbocycles. The largest absolute Gasteiger partial charge is 0.508 e. The zero-order valence-electron chi connectivity index (χ0n) is 20.2. The van der Waals surface area contributed by atoms with E-state index in [4.69, 9.17) is 4.74 Å². The molecule has 0 bridgehead atoms. The molecule has 0 saturated carbocycles. The van der Waals surface area contributed by atoms with Crippen LogP contribution in [-0.2, 0) is 16.0 Å². The molecule has 2 N–H and O–H groups in total. The molecule has 3 aromatic rings. The molecule has 2 unspecified atom stereocenters. The molecule has 9 heteroatoms. The summed E-state index contributed by atoms with van der Waals surface area (Å²) in [6, 6.07) is 12.2. The van der Waals surface area contributed by atoms with E-state index < -0.39 is 11.6 Å². The second kappa shape index (κ2) is 8.90. The molecule has 3 amide bonds. The fourth-order valence-corrected chi connectivity index (χ4v) is 6.36. The highest BCUT2D eigenvalue weighted by Crippen LogP contribution is 2.49. The van der Waals surface area contributed by atoms with E-state index in [2.05, 4.69) is 31.9 Å². The van der Waals surface area contributed by atoms with E-state index in [0.717, 1.165) is 71.5 Å². The van der Waals surface area contributed by atoms with Gasteiger partial charge < -0.3 is 14.8 Å². The van der Waals surface area contributed by atoms with Crippen molar-refractivity contribution in [2.24, 2.45) is 0 Å². The first-order valence-corrected chi connectivity index (χ1v) is 13.2. The van der Waals surface area contributed by atoms with Crippen LogP contribution in [0.15, 0.2) is 46.9 Å². The number of amides is 3. The summed E-state index contributed by atoms with van der Waals surface area (Å²) in [7, 11) is 0. The average Bonchev–Trinajstić information content (AvgIpc) is 3.30. The minimum absolute atomic E-state index is 0.125. The van der Waals surface area contributed by atoms with Crippen molar-refractivity contribution in [1.29, 1.82) is 0 Å². The Morgan fingerprint density at radius 2 is 1.94 bits per heavy atom. The van der Waals surface area contributed by atoms with Gasteiger partial charge in [0.15, 0.2) is 0 Å². The van der Waals surface area contributed by atoms with Crippen molar-refractivity contribution in [2.45, 2.75) is 31.3 Å². The van der Waals surface area contributed by atoms with Crippen LogP contribution in [0, 0.1) is 0 Å². The second-order valence-electron chi connectivity index (χ2n) is 10.1. The fourth-order valence-electron chi connectivity index (χ4n) is 6.00. The highest BCUT2D eigenvalue weighted by molar-refractivity contribution is 9.10. The molecule has 8 nitrogen and oxygen atoms in total. The summed E-state index contributed by atoms with van der Waals surface area (Å²) in [5.74, 6) is -0.0323. The minimum Gasteiger partial charge on any atom is -0.508 e. The molecule has 3 aliphatic heterocycles. The number of carbonyl (C=O) groups excluding carboxylic acids is 2. The molecule has 3 aliphatic rings. The molecule has 6 rings (SSSR count). The molecular weight excluding hydrogens is 524 g/mol. The maximum atomic E-state index is 13.9. The summed E-state index contributed by atoms with van der Waals surface area (Å²) in [5.41, 5.74) is 2.64. The van der Waals surface area contributed by atoms with Crippen LogP contribution < -0.4 is 0 Å². The van der Waals surface area contributed by atoms with Crippen LogP contribution in [0.5, 0.6) is 5.75 Å². The van der Waals surface area contributed by atoms with Crippen LogP contribution in [0.4, 0.5) is 4.79 Å². The number of benzene rings is 2. The van der Waals surface area contributed by atoms with Gasteiger partial charge in [-0.2, -0.15) is 0 Å². The monoisotopic (exact) mass is 552 g/mol. The molecule has 0 spiro atoms. The molecule has 188 valence electrons. The van der Waals surface area contributed by atoms with Gasteiger partial charge in [-0.3, -0.25) is 19.5 Å². The third-order valence-corrected chi connectivity index (χ3v) is 8.27. The van der Waals surface area contributed by atoms with Gasteiger partial charge in [0.25, 0.3) is 5.91 Å². The molecule has 2 saturated heterocycles. The number of aromatic amines is 1. The standard InChI is InChI=1S/C27H29BrN4O4/c1-27-16-21-20-15-18(28)6-7-22(20)29-23(21)24(17-4-2-5-19(33)14-17)32(27)26(35)31(25(27)34)9-3-8-30-10-12-36-13-11-30/h2,4-7,14-15,24,29,33H,3,8-13,16H2,1H3. The number of morpholine rings is 1. The zero-order valence-corrected chi connectivity index (χ0v) is 21.8. The molecule has 2 fully saturated rings. The quantitative estimate of drug-likeness (QED) is 0.466. The fraction of sp³-hybridized carbons (Fsp3) is 0.407. The molecule has 1 aromatic heterocycles. The Morgan fingerprint density at radius 1 is 1.14 bits per heavy atom. The SMILES string of the molecule is CC12Cc3c([nH]c4ccc(Br)cc34)C(c3cccc(O)c3)N1C(=O)N(CCCN1CCOCC1)C2=O. The number of fused-ring (bicyclic) bond motifs is 4. The smallest absolute Gasteiger partial charge is 0.328 e. The molecule has 36 heavy (non-hydrogen) atoms. The summed E-state index contributed by atoms with van der Waals surface area (Å²) in [5, 5.41) is 11.3. The van der Waals surface area contributed by atoms with E-state index in [1.807, 2.05) is 25.1 Å². The van der Waals surface area contributed by atoms with Crippen molar-refractivity contribution in [3.05, 3.63) is 63.8 Å². The Kier molecular flexibility index (Phi) is 5.81. The van der Waals surface area contributed by atoms with Gasteiger partial charge in [0, 0.05) is 53.7 Å². The Labute approximate surface area is 217 Å². The Hall–Kier alpha value is -2.88. The first kappa shape index (κ1) is 23.5. The lowest BCUT2D eigenvalue weighted by Crippen LogP contribution is -2.53. The number of phenolic OH excluding ortho intramolecular Hbond substituents is 1. The highest BCUT2D eigenvalue weighted by Gasteiger charge is 2.60. The first-order chi connectivity index (χ1) is 17.4. The summed E-state index contributed by atoms with van der Waals surface area (Å²) in [6.07, 6.45) is 1.15. The molecule has 2 atom stereocenters. The number of H-pyrrole nitrogens is 1. The summed E-state index contributed by atoms with van der Waals surface area (Å²) < 4.78 is 6.38. The van der Waals surface area contributed by atoms with E-state index in [9.17, 15) is 14.7 Å². The first-order valence-electron chi connectivity index (χ1n) is 12.4. The maximum absolute atomic E-state index is 13.9. The number of aromatic hydroxyl groups is 1. The van der Waals surface area contributed by atoms with Crippen molar-refractivity contribution in [1.82, 2.24) is 19.7 Å². The second-order valence-corrected chi connectivity index (χ2v) is 11.0. The number of urea groups is 1. The predicted molar refractivity (Wildman–Crippen MR) is 139 cm³/mol. The number of nitrogens with zero attached hydrogens (tertiary/aromatic N) is 3. The van der Waals surface area contributed by atoms with E-state index >= 15 is 0 Å². The van der Waals surface area contributed by atoms with Crippen molar-refractivity contribution in [3.8, 4) is 5.75 Å². The van der Waals surface area contributed by atoms with E-state index in [-0.39, 0.29) is 17.7 Å². The number of rotatable bonds is 5. The molecular formula is C27H29BrN4O4. The zero-order chi connectivity index (χ0) is 25.0. The number of carbonyl (C=O) groups is 2. The third-order valence-electron chi connectivity index (χ3n) is 7.77. The lowest BCUT2D eigenvalue weighted by molar-refractivity contribution is -0.133. The van der Waals surface area contributed by atoms with E-state index in [1.165, 1.54) is 4.90 Å². The average molecular weight is 553 g/mol. The number of phenols is 1. The summed E-state index contributed by atoms with van der Waals surface area (Å²) in [4.78, 5) is 36.8. The number of nitrogens with one attached hydrogen (secondary N) is 1. The van der Waals surface area contributed by atoms with Crippen LogP contribution in [0.1, 0.15) is 36.2 Å². The topological polar surface area (TPSA) is 89.1 Å². The van der Waals surface area contributed by atoms with Crippen LogP contribution in [-0.4, -0.2) is 81.7 Å². The number of aromatic nitrogens is 1. The van der Waals surface area contributed by atoms with Gasteiger partial charge in [-0.15, -0.1) is 0 Å². The Bertz CT molecular complexity index is 1350.